The van der Waals surface area contributed by atoms with Crippen LogP contribution in [0.3, 0.4) is 0 Å². The Kier molecular flexibility index (Phi) is 5.67. The molecule has 0 aromatic heterocycles. The van der Waals surface area contributed by atoms with Crippen LogP contribution in [-0.2, 0) is 6.42 Å². The predicted octanol–water partition coefficient (Wildman–Crippen LogP) is 3.45. The zero-order chi connectivity index (χ0) is 13.7. The third-order valence-electron chi connectivity index (χ3n) is 3.39. The molecule has 0 bridgehead atoms. The van der Waals surface area contributed by atoms with Gasteiger partial charge in [0.15, 0.2) is 0 Å². The van der Waals surface area contributed by atoms with Crippen molar-refractivity contribution in [2.75, 3.05) is 11.9 Å². The Hall–Kier alpha value is -1.02. The zero-order valence-electron chi connectivity index (χ0n) is 12.5. The molecule has 18 heavy (non-hydrogen) atoms. The van der Waals surface area contributed by atoms with Gasteiger partial charge in [-0.15, -0.1) is 0 Å². The quantitative estimate of drug-likeness (QED) is 0.835. The van der Waals surface area contributed by atoms with Gasteiger partial charge in [0.1, 0.15) is 0 Å². The van der Waals surface area contributed by atoms with E-state index in [4.69, 9.17) is 5.73 Å². The molecule has 2 heteroatoms. The molecule has 0 heterocycles. The lowest BCUT2D eigenvalue weighted by Gasteiger charge is -2.30. The smallest absolute Gasteiger partial charge is 0.0399 e. The van der Waals surface area contributed by atoms with Crippen molar-refractivity contribution in [2.45, 2.75) is 52.6 Å². The van der Waals surface area contributed by atoms with Gasteiger partial charge in [0, 0.05) is 24.8 Å². The van der Waals surface area contributed by atoms with Crippen molar-refractivity contribution < 1.29 is 0 Å². The van der Waals surface area contributed by atoms with E-state index in [1.165, 1.54) is 17.7 Å². The summed E-state index contributed by atoms with van der Waals surface area (Å²) < 4.78 is 0. The second-order valence-electron chi connectivity index (χ2n) is 5.90. The summed E-state index contributed by atoms with van der Waals surface area (Å²) in [5.74, 6) is 0.725. The van der Waals surface area contributed by atoms with E-state index in [1.54, 1.807) is 0 Å². The highest BCUT2D eigenvalue weighted by atomic mass is 15.1. The van der Waals surface area contributed by atoms with Crippen LogP contribution in [0.2, 0.25) is 0 Å². The number of para-hydroxylation sites is 1. The first-order valence-electron chi connectivity index (χ1n) is 6.98. The van der Waals surface area contributed by atoms with Crippen LogP contribution in [0.5, 0.6) is 0 Å². The third-order valence-corrected chi connectivity index (χ3v) is 3.39. The van der Waals surface area contributed by atoms with E-state index >= 15 is 0 Å². The maximum Gasteiger partial charge on any atom is 0.0399 e. The molecular formula is C16H28N2. The van der Waals surface area contributed by atoms with E-state index in [0.717, 1.165) is 12.3 Å². The molecule has 1 aromatic carbocycles. The van der Waals surface area contributed by atoms with Crippen LogP contribution in [0.4, 0.5) is 5.69 Å². The van der Waals surface area contributed by atoms with Crippen molar-refractivity contribution in [3.63, 3.8) is 0 Å². The van der Waals surface area contributed by atoms with Gasteiger partial charge in [-0.3, -0.25) is 0 Å². The second-order valence-corrected chi connectivity index (χ2v) is 5.90. The summed E-state index contributed by atoms with van der Waals surface area (Å²) in [5.41, 5.74) is 8.61. The Morgan fingerprint density at radius 3 is 2.28 bits per heavy atom. The predicted molar refractivity (Wildman–Crippen MR) is 81.1 cm³/mol. The molecule has 0 aliphatic rings. The normalized spacial score (nSPS) is 14.6. The number of rotatable bonds is 6. The van der Waals surface area contributed by atoms with Crippen LogP contribution in [0, 0.1) is 5.92 Å². The average molecular weight is 248 g/mol. The second kappa shape index (κ2) is 6.79. The maximum absolute atomic E-state index is 5.93. The number of hydrogen-bond acceptors (Lipinski definition) is 2. The lowest BCUT2D eigenvalue weighted by Crippen LogP contribution is -2.31. The Labute approximate surface area is 112 Å². The monoisotopic (exact) mass is 248 g/mol. The minimum atomic E-state index is 0.208. The molecule has 2 N–H and O–H groups in total. The van der Waals surface area contributed by atoms with Crippen molar-refractivity contribution in [3.8, 4) is 0 Å². The average Bonchev–Trinajstić information content (AvgIpc) is 2.27. The summed E-state index contributed by atoms with van der Waals surface area (Å²) in [6, 6.07) is 9.37. The van der Waals surface area contributed by atoms with Crippen LogP contribution >= 0.6 is 0 Å². The fourth-order valence-electron chi connectivity index (χ4n) is 2.45. The number of nitrogens with zero attached hydrogens (tertiary/aromatic N) is 1. The zero-order valence-corrected chi connectivity index (χ0v) is 12.5. The number of nitrogens with two attached hydrogens (primary N) is 1. The fourth-order valence-corrected chi connectivity index (χ4v) is 2.45. The van der Waals surface area contributed by atoms with Gasteiger partial charge in [-0.05, 0) is 44.2 Å². The van der Waals surface area contributed by atoms with Crippen LogP contribution in [0.1, 0.15) is 39.7 Å². The molecule has 0 aliphatic carbocycles. The Balaban J connectivity index is 2.87. The molecule has 0 radical (unpaired) electrons. The number of anilines is 1. The maximum atomic E-state index is 5.93. The van der Waals surface area contributed by atoms with Crippen LogP contribution in [0.25, 0.3) is 0 Å². The molecule has 2 unspecified atom stereocenters. The molecule has 1 aromatic rings. The van der Waals surface area contributed by atoms with Gasteiger partial charge in [-0.2, -0.15) is 0 Å². The lowest BCUT2D eigenvalue weighted by atomic mass is 10.0. The third kappa shape index (κ3) is 4.34. The summed E-state index contributed by atoms with van der Waals surface area (Å²) in [6.45, 7) is 8.91. The van der Waals surface area contributed by atoms with Crippen LogP contribution in [-0.4, -0.2) is 19.1 Å². The highest BCUT2D eigenvalue weighted by Gasteiger charge is 2.14. The highest BCUT2D eigenvalue weighted by molar-refractivity contribution is 5.54. The van der Waals surface area contributed by atoms with E-state index in [1.807, 2.05) is 0 Å². The Morgan fingerprint density at radius 2 is 1.72 bits per heavy atom. The summed E-state index contributed by atoms with van der Waals surface area (Å²) >= 11 is 0. The van der Waals surface area contributed by atoms with E-state index in [2.05, 4.69) is 63.9 Å². The lowest BCUT2D eigenvalue weighted by molar-refractivity contribution is 0.503. The van der Waals surface area contributed by atoms with Crippen molar-refractivity contribution >= 4 is 5.69 Å². The summed E-state index contributed by atoms with van der Waals surface area (Å²) in [6.07, 6.45) is 2.15. The standard InChI is InChI=1S/C16H28N2/c1-12(2)10-14(4)18(5)16-9-7-6-8-15(16)11-13(3)17/h6-9,12-14H,10-11,17H2,1-5H3. The molecule has 0 aliphatic heterocycles. The largest absolute Gasteiger partial charge is 0.372 e. The van der Waals surface area contributed by atoms with Gasteiger partial charge in [-0.1, -0.05) is 32.0 Å². The minimum Gasteiger partial charge on any atom is -0.372 e. The fraction of sp³-hybridized carbons (Fsp3) is 0.625. The van der Waals surface area contributed by atoms with Gasteiger partial charge in [-0.25, -0.2) is 0 Å². The van der Waals surface area contributed by atoms with E-state index < -0.39 is 0 Å². The van der Waals surface area contributed by atoms with Crippen molar-refractivity contribution in [1.82, 2.24) is 0 Å². The van der Waals surface area contributed by atoms with Gasteiger partial charge < -0.3 is 10.6 Å². The summed E-state index contributed by atoms with van der Waals surface area (Å²) in [7, 11) is 2.19. The minimum absolute atomic E-state index is 0.208. The number of hydrogen-bond donors (Lipinski definition) is 1. The first-order chi connectivity index (χ1) is 8.41. The molecule has 0 saturated heterocycles. The topological polar surface area (TPSA) is 29.3 Å². The molecule has 0 spiro atoms. The Morgan fingerprint density at radius 1 is 1.11 bits per heavy atom. The molecular weight excluding hydrogens is 220 g/mol. The Bertz CT molecular complexity index is 358. The molecule has 0 fully saturated rings. The summed E-state index contributed by atoms with van der Waals surface area (Å²) in [4.78, 5) is 2.39. The number of benzene rings is 1. The molecule has 2 nitrogen and oxygen atoms in total. The van der Waals surface area contributed by atoms with E-state index in [9.17, 15) is 0 Å². The van der Waals surface area contributed by atoms with Gasteiger partial charge >= 0.3 is 0 Å². The SMILES string of the molecule is CC(C)CC(C)N(C)c1ccccc1CC(C)N. The van der Waals surface area contributed by atoms with Crippen LogP contribution < -0.4 is 10.6 Å². The van der Waals surface area contributed by atoms with Gasteiger partial charge in [0.25, 0.3) is 0 Å². The van der Waals surface area contributed by atoms with E-state index in [0.29, 0.717) is 6.04 Å². The van der Waals surface area contributed by atoms with Crippen molar-refractivity contribution in [3.05, 3.63) is 29.8 Å². The first-order valence-corrected chi connectivity index (χ1v) is 6.98. The molecule has 0 saturated carbocycles. The van der Waals surface area contributed by atoms with E-state index in [-0.39, 0.29) is 6.04 Å². The highest BCUT2D eigenvalue weighted by Crippen LogP contribution is 2.24. The van der Waals surface area contributed by atoms with Gasteiger partial charge in [0.2, 0.25) is 0 Å². The molecule has 2 atom stereocenters. The van der Waals surface area contributed by atoms with Crippen molar-refractivity contribution in [1.29, 1.82) is 0 Å². The molecule has 0 amide bonds. The van der Waals surface area contributed by atoms with Crippen molar-refractivity contribution in [2.24, 2.45) is 11.7 Å². The summed E-state index contributed by atoms with van der Waals surface area (Å²) in [5, 5.41) is 0. The molecule has 1 rings (SSSR count). The molecule has 102 valence electrons. The first kappa shape index (κ1) is 15.0. The van der Waals surface area contributed by atoms with Gasteiger partial charge in [0.05, 0.1) is 0 Å². The van der Waals surface area contributed by atoms with Crippen LogP contribution in [0.15, 0.2) is 24.3 Å².